The van der Waals surface area contributed by atoms with E-state index in [0.29, 0.717) is 16.5 Å². The molecule has 0 saturated heterocycles. The van der Waals surface area contributed by atoms with Gasteiger partial charge in [0.15, 0.2) is 5.82 Å². The Balaban J connectivity index is 1.75. The molecule has 0 radical (unpaired) electrons. The standard InChI is InChI=1S/C17H17ClN6O3/c18-13-7-19-17(21-12-6-20-24(8-12)9-15(26)27)23-16(13)22-14(10-25)11-4-2-1-3-5-11/h1-8,14,25H,9-10H2,(H,26,27)(H2,19,21,22,23). The first-order chi connectivity index (χ1) is 13.0. The minimum absolute atomic E-state index is 0.144. The van der Waals surface area contributed by atoms with E-state index in [0.717, 1.165) is 5.56 Å². The summed E-state index contributed by atoms with van der Waals surface area (Å²) in [5, 5.41) is 28.7. The van der Waals surface area contributed by atoms with E-state index in [-0.39, 0.29) is 25.1 Å². The first-order valence-corrected chi connectivity index (χ1v) is 8.39. The quantitative estimate of drug-likeness (QED) is 0.463. The highest BCUT2D eigenvalue weighted by molar-refractivity contribution is 6.32. The minimum atomic E-state index is -0.991. The zero-order chi connectivity index (χ0) is 19.2. The van der Waals surface area contributed by atoms with Crippen LogP contribution in [0.5, 0.6) is 0 Å². The van der Waals surface area contributed by atoms with Crippen LogP contribution < -0.4 is 10.6 Å². The number of hydrogen-bond acceptors (Lipinski definition) is 7. The average Bonchev–Trinajstić information content (AvgIpc) is 3.09. The number of nitrogens with zero attached hydrogens (tertiary/aromatic N) is 4. The van der Waals surface area contributed by atoms with Gasteiger partial charge in [0.25, 0.3) is 0 Å². The molecule has 1 unspecified atom stereocenters. The molecule has 1 aromatic carbocycles. The van der Waals surface area contributed by atoms with Crippen molar-refractivity contribution >= 4 is 35.0 Å². The van der Waals surface area contributed by atoms with Crippen molar-refractivity contribution in [1.82, 2.24) is 19.7 Å². The molecule has 0 aliphatic heterocycles. The van der Waals surface area contributed by atoms with E-state index >= 15 is 0 Å². The Morgan fingerprint density at radius 3 is 2.74 bits per heavy atom. The third-order valence-corrected chi connectivity index (χ3v) is 3.90. The fourth-order valence-corrected chi connectivity index (χ4v) is 2.54. The summed E-state index contributed by atoms with van der Waals surface area (Å²) in [6.45, 7) is -0.389. The summed E-state index contributed by atoms with van der Waals surface area (Å²) in [6.07, 6.45) is 4.43. The summed E-state index contributed by atoms with van der Waals surface area (Å²) in [7, 11) is 0. The number of carboxylic acids is 1. The van der Waals surface area contributed by atoms with Crippen LogP contribution in [0, 0.1) is 0 Å². The molecule has 27 heavy (non-hydrogen) atoms. The molecule has 3 aromatic rings. The summed E-state index contributed by atoms with van der Waals surface area (Å²) in [6, 6.07) is 9.04. The van der Waals surface area contributed by atoms with Crippen LogP contribution in [-0.4, -0.2) is 42.5 Å². The number of anilines is 3. The van der Waals surface area contributed by atoms with Crippen molar-refractivity contribution in [3.63, 3.8) is 0 Å². The van der Waals surface area contributed by atoms with E-state index in [9.17, 15) is 9.90 Å². The summed E-state index contributed by atoms with van der Waals surface area (Å²) in [4.78, 5) is 19.1. The molecule has 0 spiro atoms. The number of rotatable bonds is 8. The molecule has 0 aliphatic rings. The normalized spacial score (nSPS) is 11.8. The predicted molar refractivity (Wildman–Crippen MR) is 100 cm³/mol. The van der Waals surface area contributed by atoms with E-state index in [4.69, 9.17) is 16.7 Å². The van der Waals surface area contributed by atoms with E-state index in [1.807, 2.05) is 30.3 Å². The average molecular weight is 389 g/mol. The fourth-order valence-electron chi connectivity index (χ4n) is 2.40. The number of aliphatic carboxylic acids is 1. The molecule has 4 N–H and O–H groups in total. The van der Waals surface area contributed by atoms with Crippen molar-refractivity contribution < 1.29 is 15.0 Å². The minimum Gasteiger partial charge on any atom is -0.480 e. The van der Waals surface area contributed by atoms with Crippen LogP contribution in [0.2, 0.25) is 5.02 Å². The van der Waals surface area contributed by atoms with E-state index in [1.165, 1.54) is 23.3 Å². The molecule has 140 valence electrons. The van der Waals surface area contributed by atoms with Gasteiger partial charge in [0.05, 0.1) is 30.7 Å². The van der Waals surface area contributed by atoms with Gasteiger partial charge in [-0.15, -0.1) is 0 Å². The lowest BCUT2D eigenvalue weighted by Gasteiger charge is -2.18. The SMILES string of the molecule is O=C(O)Cn1cc(Nc2ncc(Cl)c(NC(CO)c3ccccc3)n2)cn1. The topological polar surface area (TPSA) is 125 Å². The second kappa shape index (κ2) is 8.47. The lowest BCUT2D eigenvalue weighted by Crippen LogP contribution is -2.16. The summed E-state index contributed by atoms with van der Waals surface area (Å²) in [5.41, 5.74) is 1.42. The smallest absolute Gasteiger partial charge is 0.325 e. The maximum atomic E-state index is 10.7. The Hall–Kier alpha value is -3.17. The van der Waals surface area contributed by atoms with Crippen LogP contribution in [0.3, 0.4) is 0 Å². The lowest BCUT2D eigenvalue weighted by molar-refractivity contribution is -0.137. The molecule has 0 fully saturated rings. The Morgan fingerprint density at radius 2 is 2.04 bits per heavy atom. The Kier molecular flexibility index (Phi) is 5.84. The number of aromatic nitrogens is 4. The third-order valence-electron chi connectivity index (χ3n) is 3.63. The molecule has 0 amide bonds. The van der Waals surface area contributed by atoms with E-state index < -0.39 is 5.97 Å². The maximum absolute atomic E-state index is 10.7. The molecule has 2 aromatic heterocycles. The monoisotopic (exact) mass is 388 g/mol. The van der Waals surface area contributed by atoms with Crippen LogP contribution >= 0.6 is 11.6 Å². The molecule has 0 bridgehead atoms. The number of aliphatic hydroxyl groups is 1. The second-order valence-electron chi connectivity index (χ2n) is 5.63. The van der Waals surface area contributed by atoms with Crippen molar-refractivity contribution in [2.24, 2.45) is 0 Å². The van der Waals surface area contributed by atoms with Crippen molar-refractivity contribution in [3.8, 4) is 0 Å². The summed E-state index contributed by atoms with van der Waals surface area (Å²) >= 11 is 6.17. The van der Waals surface area contributed by atoms with Gasteiger partial charge in [-0.25, -0.2) is 4.98 Å². The van der Waals surface area contributed by atoms with Crippen LogP contribution in [0.1, 0.15) is 11.6 Å². The van der Waals surface area contributed by atoms with Crippen molar-refractivity contribution in [2.45, 2.75) is 12.6 Å². The first kappa shape index (κ1) is 18.6. The first-order valence-electron chi connectivity index (χ1n) is 8.01. The van der Waals surface area contributed by atoms with Crippen molar-refractivity contribution in [2.75, 3.05) is 17.2 Å². The number of halogens is 1. The van der Waals surface area contributed by atoms with Gasteiger partial charge in [-0.05, 0) is 5.56 Å². The molecule has 10 heteroatoms. The fraction of sp³-hybridized carbons (Fsp3) is 0.176. The van der Waals surface area contributed by atoms with Crippen LogP contribution in [0.15, 0.2) is 48.9 Å². The van der Waals surface area contributed by atoms with Gasteiger partial charge in [0.1, 0.15) is 11.6 Å². The van der Waals surface area contributed by atoms with Gasteiger partial charge in [-0.2, -0.15) is 10.1 Å². The maximum Gasteiger partial charge on any atom is 0.325 e. The van der Waals surface area contributed by atoms with Crippen LogP contribution in [0.25, 0.3) is 0 Å². The van der Waals surface area contributed by atoms with Gasteiger partial charge in [0.2, 0.25) is 5.95 Å². The lowest BCUT2D eigenvalue weighted by atomic mass is 10.1. The highest BCUT2D eigenvalue weighted by Crippen LogP contribution is 2.25. The molecule has 1 atom stereocenters. The molecule has 0 aliphatic carbocycles. The molecule has 2 heterocycles. The van der Waals surface area contributed by atoms with Crippen molar-refractivity contribution in [1.29, 1.82) is 0 Å². The van der Waals surface area contributed by atoms with Gasteiger partial charge < -0.3 is 20.8 Å². The molecule has 9 nitrogen and oxygen atoms in total. The van der Waals surface area contributed by atoms with E-state index in [1.54, 1.807) is 0 Å². The summed E-state index contributed by atoms with van der Waals surface area (Å²) < 4.78 is 1.27. The number of carboxylic acid groups (broad SMARTS) is 1. The van der Waals surface area contributed by atoms with Crippen LogP contribution in [0.4, 0.5) is 17.5 Å². The van der Waals surface area contributed by atoms with E-state index in [2.05, 4.69) is 25.7 Å². The van der Waals surface area contributed by atoms with Gasteiger partial charge in [-0.1, -0.05) is 41.9 Å². The Labute approximate surface area is 159 Å². The molecular weight excluding hydrogens is 372 g/mol. The number of carbonyl (C=O) groups is 1. The zero-order valence-corrected chi connectivity index (χ0v) is 14.8. The number of benzene rings is 1. The zero-order valence-electron chi connectivity index (χ0n) is 14.1. The number of aliphatic hydroxyl groups excluding tert-OH is 1. The third kappa shape index (κ3) is 4.93. The van der Waals surface area contributed by atoms with Crippen LogP contribution in [-0.2, 0) is 11.3 Å². The van der Waals surface area contributed by atoms with Gasteiger partial charge in [0, 0.05) is 6.20 Å². The van der Waals surface area contributed by atoms with Gasteiger partial charge >= 0.3 is 5.97 Å². The molecule has 0 saturated carbocycles. The second-order valence-corrected chi connectivity index (χ2v) is 6.03. The van der Waals surface area contributed by atoms with Crippen molar-refractivity contribution in [3.05, 3.63) is 59.5 Å². The predicted octanol–water partition coefficient (Wildman–Crippen LogP) is 2.30. The number of hydrogen-bond donors (Lipinski definition) is 4. The Morgan fingerprint density at radius 1 is 1.26 bits per heavy atom. The molecule has 3 rings (SSSR count). The highest BCUT2D eigenvalue weighted by atomic mass is 35.5. The van der Waals surface area contributed by atoms with Gasteiger partial charge in [-0.3, -0.25) is 9.48 Å². The Bertz CT molecular complexity index is 918. The largest absolute Gasteiger partial charge is 0.480 e. The summed E-state index contributed by atoms with van der Waals surface area (Å²) in [5.74, 6) is -0.383. The molecular formula is C17H17ClN6O3. The highest BCUT2D eigenvalue weighted by Gasteiger charge is 2.14. The number of nitrogens with one attached hydrogen (secondary N) is 2.